The number of pyridine rings is 1. The van der Waals surface area contributed by atoms with Gasteiger partial charge in [-0.25, -0.2) is 9.67 Å². The summed E-state index contributed by atoms with van der Waals surface area (Å²) in [7, 11) is 3.20. The van der Waals surface area contributed by atoms with Gasteiger partial charge in [0, 0.05) is 26.0 Å². The second-order valence-corrected chi connectivity index (χ2v) is 4.16. The van der Waals surface area contributed by atoms with E-state index in [4.69, 9.17) is 0 Å². The van der Waals surface area contributed by atoms with Gasteiger partial charge in [0.05, 0.1) is 0 Å². The fraction of sp³-hybridized carbons (Fsp3) is 0.250. The van der Waals surface area contributed by atoms with Crippen LogP contribution in [0.4, 0.5) is 0 Å². The Labute approximate surface area is 104 Å². The van der Waals surface area contributed by atoms with Gasteiger partial charge in [0.25, 0.3) is 11.5 Å². The molecule has 2 heterocycles. The minimum atomic E-state index is -0.396. The van der Waals surface area contributed by atoms with Gasteiger partial charge in [-0.15, -0.1) is 0 Å². The van der Waals surface area contributed by atoms with E-state index in [1.54, 1.807) is 26.2 Å². The molecule has 2 rings (SSSR count). The van der Waals surface area contributed by atoms with Crippen LogP contribution in [0.2, 0.25) is 0 Å². The van der Waals surface area contributed by atoms with Gasteiger partial charge in [-0.2, -0.15) is 0 Å². The van der Waals surface area contributed by atoms with Crippen molar-refractivity contribution in [1.82, 2.24) is 19.7 Å². The van der Waals surface area contributed by atoms with E-state index in [1.807, 2.05) is 13.0 Å². The van der Waals surface area contributed by atoms with Crippen molar-refractivity contribution in [2.45, 2.75) is 6.92 Å². The first kappa shape index (κ1) is 12.1. The molecule has 1 N–H and O–H groups in total. The van der Waals surface area contributed by atoms with Crippen molar-refractivity contribution >= 4 is 5.91 Å². The number of nitrogens with one attached hydrogen (secondary N) is 1. The second kappa shape index (κ2) is 4.48. The molecule has 0 atom stereocenters. The quantitative estimate of drug-likeness (QED) is 0.842. The highest BCUT2D eigenvalue weighted by molar-refractivity contribution is 5.93. The molecule has 0 saturated carbocycles. The predicted molar refractivity (Wildman–Crippen MR) is 66.9 cm³/mol. The molecule has 0 spiro atoms. The summed E-state index contributed by atoms with van der Waals surface area (Å²) in [5.41, 5.74) is 0.504. The molecule has 94 valence electrons. The van der Waals surface area contributed by atoms with E-state index < -0.39 is 5.56 Å². The topological polar surface area (TPSA) is 71.0 Å². The average molecular weight is 246 g/mol. The Bertz CT molecular complexity index is 640. The molecule has 0 aromatic carbocycles. The fourth-order valence-corrected chi connectivity index (χ4v) is 1.59. The Morgan fingerprint density at radius 1 is 1.39 bits per heavy atom. The highest BCUT2D eigenvalue weighted by atomic mass is 16.2. The van der Waals surface area contributed by atoms with Crippen LogP contribution < -0.4 is 5.56 Å². The van der Waals surface area contributed by atoms with E-state index in [-0.39, 0.29) is 11.5 Å². The molecule has 0 saturated heterocycles. The number of carbonyl (C=O) groups is 1. The second-order valence-electron chi connectivity index (χ2n) is 4.16. The molecule has 0 bridgehead atoms. The van der Waals surface area contributed by atoms with Crippen LogP contribution in [0.25, 0.3) is 5.82 Å². The van der Waals surface area contributed by atoms with E-state index >= 15 is 0 Å². The lowest BCUT2D eigenvalue weighted by Crippen LogP contribution is -2.28. The summed E-state index contributed by atoms with van der Waals surface area (Å²) in [5.74, 6) is 0.139. The Hall–Kier alpha value is -2.37. The van der Waals surface area contributed by atoms with Crippen molar-refractivity contribution in [3.63, 3.8) is 0 Å². The third kappa shape index (κ3) is 2.04. The van der Waals surface area contributed by atoms with Gasteiger partial charge in [-0.1, -0.05) is 6.07 Å². The molecule has 2 aromatic heterocycles. The number of hydrogen-bond acceptors (Lipinski definition) is 3. The minimum absolute atomic E-state index is 0.100. The Morgan fingerprint density at radius 3 is 2.72 bits per heavy atom. The summed E-state index contributed by atoms with van der Waals surface area (Å²) in [4.78, 5) is 29.4. The molecule has 0 fully saturated rings. The van der Waals surface area contributed by atoms with E-state index in [2.05, 4.69) is 10.1 Å². The maximum atomic E-state index is 12.1. The average Bonchev–Trinajstić information content (AvgIpc) is 2.70. The number of rotatable bonds is 2. The van der Waals surface area contributed by atoms with Gasteiger partial charge in [-0.3, -0.25) is 14.7 Å². The van der Waals surface area contributed by atoms with Crippen LogP contribution in [0.5, 0.6) is 0 Å². The van der Waals surface area contributed by atoms with Crippen LogP contribution in [0.1, 0.15) is 16.1 Å². The van der Waals surface area contributed by atoms with E-state index in [9.17, 15) is 9.59 Å². The van der Waals surface area contributed by atoms with Crippen LogP contribution in [-0.4, -0.2) is 39.7 Å². The summed E-state index contributed by atoms with van der Waals surface area (Å²) in [5, 5.41) is 2.75. The highest BCUT2D eigenvalue weighted by Gasteiger charge is 2.17. The van der Waals surface area contributed by atoms with Crippen LogP contribution in [0.3, 0.4) is 0 Å². The number of hydrogen-bond donors (Lipinski definition) is 1. The first-order chi connectivity index (χ1) is 8.50. The molecular formula is C12H14N4O2. The number of carbonyl (C=O) groups excluding carboxylic acids is 1. The zero-order valence-electron chi connectivity index (χ0n) is 10.5. The monoisotopic (exact) mass is 246 g/mol. The predicted octanol–water partition coefficient (Wildman–Crippen LogP) is 0.571. The van der Waals surface area contributed by atoms with Crippen LogP contribution in [-0.2, 0) is 0 Å². The van der Waals surface area contributed by atoms with Gasteiger partial charge in [-0.05, 0) is 19.1 Å². The number of amides is 1. The molecule has 1 amide bonds. The Balaban J connectivity index is 2.50. The number of aryl methyl sites for hydroxylation is 1. The van der Waals surface area contributed by atoms with Gasteiger partial charge >= 0.3 is 0 Å². The summed E-state index contributed by atoms with van der Waals surface area (Å²) in [6, 6.07) is 5.34. The van der Waals surface area contributed by atoms with Gasteiger partial charge in [0.15, 0.2) is 5.82 Å². The lowest BCUT2D eigenvalue weighted by Gasteiger charge is -2.06. The third-order valence-electron chi connectivity index (χ3n) is 2.51. The first-order valence-electron chi connectivity index (χ1n) is 5.47. The lowest BCUT2D eigenvalue weighted by molar-refractivity contribution is 0.0826. The number of aromatic amines is 1. The summed E-state index contributed by atoms with van der Waals surface area (Å²) < 4.78 is 1.25. The first-order valence-corrected chi connectivity index (χ1v) is 5.47. The molecule has 0 radical (unpaired) electrons. The molecule has 2 aromatic rings. The smallest absolute Gasteiger partial charge is 0.285 e. The maximum absolute atomic E-state index is 12.1. The highest BCUT2D eigenvalue weighted by Crippen LogP contribution is 2.03. The zero-order valence-corrected chi connectivity index (χ0v) is 10.5. The fourth-order valence-electron chi connectivity index (χ4n) is 1.59. The molecule has 0 aliphatic rings. The van der Waals surface area contributed by atoms with E-state index in [0.717, 1.165) is 5.69 Å². The summed E-state index contributed by atoms with van der Waals surface area (Å²) in [6.07, 6.45) is 1.40. The van der Waals surface area contributed by atoms with E-state index in [0.29, 0.717) is 5.82 Å². The largest absolute Gasteiger partial charge is 0.345 e. The number of aromatic nitrogens is 3. The van der Waals surface area contributed by atoms with E-state index in [1.165, 1.54) is 15.8 Å². The van der Waals surface area contributed by atoms with Crippen molar-refractivity contribution in [2.75, 3.05) is 14.1 Å². The minimum Gasteiger partial charge on any atom is -0.345 e. The molecule has 0 aliphatic heterocycles. The number of nitrogens with zero attached hydrogens (tertiary/aromatic N) is 3. The SMILES string of the molecule is Cc1cccc(-n2[nH]cc(C(=O)N(C)C)c2=O)n1. The van der Waals surface area contributed by atoms with Gasteiger partial charge in [0.1, 0.15) is 5.56 Å². The van der Waals surface area contributed by atoms with Crippen molar-refractivity contribution in [2.24, 2.45) is 0 Å². The molecule has 6 heteroatoms. The number of H-pyrrole nitrogens is 1. The van der Waals surface area contributed by atoms with Gasteiger partial charge in [0.2, 0.25) is 0 Å². The van der Waals surface area contributed by atoms with Crippen molar-refractivity contribution < 1.29 is 4.79 Å². The van der Waals surface area contributed by atoms with Crippen molar-refractivity contribution in [3.05, 3.63) is 46.0 Å². The normalized spacial score (nSPS) is 10.4. The van der Waals surface area contributed by atoms with Crippen LogP contribution in [0.15, 0.2) is 29.2 Å². The Morgan fingerprint density at radius 2 is 2.11 bits per heavy atom. The zero-order chi connectivity index (χ0) is 13.3. The molecule has 0 unspecified atom stereocenters. The molecule has 18 heavy (non-hydrogen) atoms. The van der Waals surface area contributed by atoms with Crippen molar-refractivity contribution in [3.8, 4) is 5.82 Å². The van der Waals surface area contributed by atoms with Crippen LogP contribution in [0, 0.1) is 6.92 Å². The molecular weight excluding hydrogens is 232 g/mol. The Kier molecular flexibility index (Phi) is 3.01. The van der Waals surface area contributed by atoms with Crippen LogP contribution >= 0.6 is 0 Å². The third-order valence-corrected chi connectivity index (χ3v) is 2.51. The molecule has 6 nitrogen and oxygen atoms in total. The lowest BCUT2D eigenvalue weighted by atomic mass is 10.3. The summed E-state index contributed by atoms with van der Waals surface area (Å²) in [6.45, 7) is 1.84. The van der Waals surface area contributed by atoms with Crippen molar-refractivity contribution in [1.29, 1.82) is 0 Å². The molecule has 0 aliphatic carbocycles. The van der Waals surface area contributed by atoms with Gasteiger partial charge < -0.3 is 4.90 Å². The standard InChI is InChI=1S/C12H14N4O2/c1-8-5-4-6-10(14-8)16-12(18)9(7-13-16)11(17)15(2)3/h4-7,13H,1-3H3. The summed E-state index contributed by atoms with van der Waals surface area (Å²) >= 11 is 0. The maximum Gasteiger partial charge on any atom is 0.285 e.